The van der Waals surface area contributed by atoms with Crippen LogP contribution in [0, 0.1) is 6.92 Å². The molecular formula is C18H16ClN5O. The fourth-order valence-corrected chi connectivity index (χ4v) is 2.39. The van der Waals surface area contributed by atoms with Gasteiger partial charge in [-0.2, -0.15) is 0 Å². The normalized spacial score (nSPS) is 10.3. The second-order valence-corrected chi connectivity index (χ2v) is 5.79. The van der Waals surface area contributed by atoms with Gasteiger partial charge in [0.2, 0.25) is 5.95 Å². The number of carbonyl (C=O) groups is 1. The second kappa shape index (κ2) is 7.72. The molecule has 0 radical (unpaired) electrons. The molecule has 0 aliphatic heterocycles. The van der Waals surface area contributed by atoms with Crippen molar-refractivity contribution in [2.24, 2.45) is 0 Å². The van der Waals surface area contributed by atoms with Crippen LogP contribution in [-0.4, -0.2) is 20.9 Å². The van der Waals surface area contributed by atoms with Crippen molar-refractivity contribution in [3.8, 4) is 0 Å². The molecule has 0 bridgehead atoms. The minimum atomic E-state index is -0.287. The van der Waals surface area contributed by atoms with Crippen molar-refractivity contribution < 1.29 is 4.79 Å². The molecule has 126 valence electrons. The highest BCUT2D eigenvalue weighted by molar-refractivity contribution is 6.30. The molecule has 7 heteroatoms. The van der Waals surface area contributed by atoms with Crippen LogP contribution in [-0.2, 0) is 6.54 Å². The summed E-state index contributed by atoms with van der Waals surface area (Å²) in [5.74, 6) is 0.0514. The summed E-state index contributed by atoms with van der Waals surface area (Å²) in [6.07, 6.45) is 1.68. The predicted molar refractivity (Wildman–Crippen MR) is 96.9 cm³/mol. The number of halogens is 1. The zero-order valence-corrected chi connectivity index (χ0v) is 14.3. The highest BCUT2D eigenvalue weighted by Crippen LogP contribution is 2.18. The molecule has 3 aromatic rings. The lowest BCUT2D eigenvalue weighted by Gasteiger charge is -2.09. The number of hydrogen-bond donors (Lipinski definition) is 2. The van der Waals surface area contributed by atoms with E-state index < -0.39 is 0 Å². The Kier molecular flexibility index (Phi) is 5.20. The Balaban J connectivity index is 1.73. The third kappa shape index (κ3) is 4.74. The minimum Gasteiger partial charge on any atom is -0.345 e. The lowest BCUT2D eigenvalue weighted by atomic mass is 10.3. The van der Waals surface area contributed by atoms with E-state index in [0.717, 1.165) is 11.4 Å². The zero-order valence-electron chi connectivity index (χ0n) is 13.5. The van der Waals surface area contributed by atoms with Crippen molar-refractivity contribution in [2.45, 2.75) is 13.5 Å². The predicted octanol–water partition coefficient (Wildman–Crippen LogP) is 3.51. The number of pyridine rings is 1. The molecule has 1 amide bonds. The van der Waals surface area contributed by atoms with E-state index in [9.17, 15) is 4.79 Å². The number of benzene rings is 1. The molecule has 25 heavy (non-hydrogen) atoms. The summed E-state index contributed by atoms with van der Waals surface area (Å²) in [4.78, 5) is 25.1. The van der Waals surface area contributed by atoms with Crippen molar-refractivity contribution in [3.05, 3.63) is 76.8 Å². The number of nitrogens with zero attached hydrogens (tertiary/aromatic N) is 3. The van der Waals surface area contributed by atoms with Gasteiger partial charge in [0.1, 0.15) is 5.69 Å². The first-order valence-corrected chi connectivity index (χ1v) is 8.04. The van der Waals surface area contributed by atoms with Gasteiger partial charge in [0.15, 0.2) is 0 Å². The van der Waals surface area contributed by atoms with Gasteiger partial charge < -0.3 is 10.6 Å². The van der Waals surface area contributed by atoms with Gasteiger partial charge in [-0.25, -0.2) is 9.97 Å². The summed E-state index contributed by atoms with van der Waals surface area (Å²) in [7, 11) is 0. The van der Waals surface area contributed by atoms with Crippen molar-refractivity contribution in [1.29, 1.82) is 0 Å². The molecule has 0 saturated heterocycles. The summed E-state index contributed by atoms with van der Waals surface area (Å²) < 4.78 is 0. The lowest BCUT2D eigenvalue weighted by molar-refractivity contribution is 0.0945. The number of anilines is 2. The summed E-state index contributed by atoms with van der Waals surface area (Å²) in [5, 5.41) is 6.46. The van der Waals surface area contributed by atoms with E-state index in [1.54, 1.807) is 31.3 Å². The summed E-state index contributed by atoms with van der Waals surface area (Å²) in [6.45, 7) is 2.14. The maximum Gasteiger partial charge on any atom is 0.270 e. The summed E-state index contributed by atoms with van der Waals surface area (Å²) in [6, 6.07) is 14.4. The second-order valence-electron chi connectivity index (χ2n) is 5.36. The number of hydrogen-bond acceptors (Lipinski definition) is 5. The van der Waals surface area contributed by atoms with Gasteiger partial charge in [-0.3, -0.25) is 9.78 Å². The van der Waals surface area contributed by atoms with Crippen LogP contribution < -0.4 is 10.6 Å². The van der Waals surface area contributed by atoms with Crippen LogP contribution in [0.3, 0.4) is 0 Å². The first kappa shape index (κ1) is 16.9. The van der Waals surface area contributed by atoms with Crippen molar-refractivity contribution in [3.63, 3.8) is 0 Å². The average molecular weight is 354 g/mol. The van der Waals surface area contributed by atoms with Crippen LogP contribution in [0.15, 0.2) is 54.7 Å². The van der Waals surface area contributed by atoms with Crippen LogP contribution in [0.1, 0.15) is 21.9 Å². The van der Waals surface area contributed by atoms with Gasteiger partial charge in [0.25, 0.3) is 5.91 Å². The quantitative estimate of drug-likeness (QED) is 0.733. The molecule has 0 spiro atoms. The van der Waals surface area contributed by atoms with E-state index in [4.69, 9.17) is 11.6 Å². The molecule has 6 nitrogen and oxygen atoms in total. The van der Waals surface area contributed by atoms with E-state index in [-0.39, 0.29) is 11.6 Å². The van der Waals surface area contributed by atoms with E-state index in [1.807, 2.05) is 30.3 Å². The molecule has 2 heterocycles. The van der Waals surface area contributed by atoms with Gasteiger partial charge in [0, 0.05) is 22.6 Å². The molecule has 0 aliphatic carbocycles. The maximum atomic E-state index is 12.4. The number of amides is 1. The maximum absolute atomic E-state index is 12.4. The van der Waals surface area contributed by atoms with Crippen LogP contribution in [0.2, 0.25) is 5.02 Å². The molecule has 2 aromatic heterocycles. The highest BCUT2D eigenvalue weighted by Gasteiger charge is 2.11. The van der Waals surface area contributed by atoms with Crippen LogP contribution in [0.5, 0.6) is 0 Å². The molecule has 3 rings (SSSR count). The Morgan fingerprint density at radius 1 is 1.12 bits per heavy atom. The SMILES string of the molecule is Cc1cc(C(=O)NCc2ccccn2)nc(Nc2cccc(Cl)c2)n1. The van der Waals surface area contributed by atoms with Crippen LogP contribution >= 0.6 is 11.6 Å². The fourth-order valence-electron chi connectivity index (χ4n) is 2.20. The highest BCUT2D eigenvalue weighted by atomic mass is 35.5. The van der Waals surface area contributed by atoms with Gasteiger partial charge in [0.05, 0.1) is 12.2 Å². The largest absolute Gasteiger partial charge is 0.345 e. The van der Waals surface area contributed by atoms with Crippen molar-refractivity contribution in [2.75, 3.05) is 5.32 Å². The topological polar surface area (TPSA) is 79.8 Å². The van der Waals surface area contributed by atoms with Gasteiger partial charge in [-0.05, 0) is 43.3 Å². The Morgan fingerprint density at radius 2 is 2.00 bits per heavy atom. The lowest BCUT2D eigenvalue weighted by Crippen LogP contribution is -2.24. The first-order valence-electron chi connectivity index (χ1n) is 7.66. The molecule has 0 unspecified atom stereocenters. The smallest absolute Gasteiger partial charge is 0.270 e. The molecular weight excluding hydrogens is 338 g/mol. The number of aryl methyl sites for hydroxylation is 1. The van der Waals surface area contributed by atoms with Gasteiger partial charge in [-0.1, -0.05) is 23.7 Å². The third-order valence-corrected chi connectivity index (χ3v) is 3.56. The third-order valence-electron chi connectivity index (χ3n) is 3.32. The van der Waals surface area contributed by atoms with Gasteiger partial charge in [-0.15, -0.1) is 0 Å². The van der Waals surface area contributed by atoms with E-state index in [2.05, 4.69) is 25.6 Å². The average Bonchev–Trinajstić information content (AvgIpc) is 2.60. The molecule has 0 fully saturated rings. The fraction of sp³-hybridized carbons (Fsp3) is 0.111. The molecule has 2 N–H and O–H groups in total. The number of aromatic nitrogens is 3. The van der Waals surface area contributed by atoms with Crippen LogP contribution in [0.4, 0.5) is 11.6 Å². The standard InChI is InChI=1S/C18H16ClN5O/c1-12-9-16(17(25)21-11-15-6-2-3-8-20-15)24-18(22-12)23-14-7-4-5-13(19)10-14/h2-10H,11H2,1H3,(H,21,25)(H,22,23,24). The summed E-state index contributed by atoms with van der Waals surface area (Å²) >= 11 is 5.97. The Hall–Kier alpha value is -2.99. The first-order chi connectivity index (χ1) is 12.1. The number of rotatable bonds is 5. The van der Waals surface area contributed by atoms with E-state index >= 15 is 0 Å². The Morgan fingerprint density at radius 3 is 2.76 bits per heavy atom. The monoisotopic (exact) mass is 353 g/mol. The Labute approximate surface area is 150 Å². The van der Waals surface area contributed by atoms with Crippen LogP contribution in [0.25, 0.3) is 0 Å². The number of nitrogens with one attached hydrogen (secondary N) is 2. The minimum absolute atomic E-state index is 0.285. The molecule has 0 aliphatic rings. The molecule has 0 atom stereocenters. The summed E-state index contributed by atoms with van der Waals surface area (Å²) in [5.41, 5.74) is 2.49. The zero-order chi connectivity index (χ0) is 17.6. The van der Waals surface area contributed by atoms with Crippen molar-refractivity contribution >= 4 is 29.1 Å². The van der Waals surface area contributed by atoms with Crippen molar-refractivity contribution in [1.82, 2.24) is 20.3 Å². The molecule has 1 aromatic carbocycles. The number of carbonyl (C=O) groups excluding carboxylic acids is 1. The van der Waals surface area contributed by atoms with E-state index in [1.165, 1.54) is 0 Å². The van der Waals surface area contributed by atoms with E-state index in [0.29, 0.717) is 23.2 Å². The Bertz CT molecular complexity index is 886. The van der Waals surface area contributed by atoms with Gasteiger partial charge >= 0.3 is 0 Å². The molecule has 0 saturated carbocycles.